The molecule has 0 saturated carbocycles. The molecule has 3 rings (SSSR count). The molecule has 0 aromatic heterocycles. The minimum absolute atomic E-state index is 0.00794. The van der Waals surface area contributed by atoms with E-state index in [0.29, 0.717) is 30.7 Å². The third-order valence-electron chi connectivity index (χ3n) is 6.96. The minimum Gasteiger partial charge on any atom is -0.399 e. The van der Waals surface area contributed by atoms with Gasteiger partial charge >= 0.3 is 0 Å². The van der Waals surface area contributed by atoms with E-state index in [1.807, 2.05) is 51.1 Å². The van der Waals surface area contributed by atoms with E-state index in [1.165, 1.54) is 28.6 Å². The summed E-state index contributed by atoms with van der Waals surface area (Å²) in [5, 5.41) is 14.7. The second-order valence-corrected chi connectivity index (χ2v) is 12.1. The molecule has 198 valence electrons. The zero-order valence-electron chi connectivity index (χ0n) is 21.6. The highest BCUT2D eigenvalue weighted by molar-refractivity contribution is 7.89. The van der Waals surface area contributed by atoms with Gasteiger partial charge in [-0.2, -0.15) is 4.31 Å². The molecule has 1 amide bonds. The van der Waals surface area contributed by atoms with Crippen LogP contribution in [0, 0.1) is 5.92 Å². The first kappa shape index (κ1) is 28.1. The molecule has 1 heterocycles. The van der Waals surface area contributed by atoms with Gasteiger partial charge in [0.25, 0.3) is 5.91 Å². The molecule has 2 aromatic carbocycles. The lowest BCUT2D eigenvalue weighted by atomic mass is 9.84. The van der Waals surface area contributed by atoms with Crippen molar-refractivity contribution >= 4 is 21.6 Å². The van der Waals surface area contributed by atoms with Crippen LogP contribution in [-0.4, -0.2) is 55.1 Å². The second kappa shape index (κ2) is 11.3. The van der Waals surface area contributed by atoms with Crippen molar-refractivity contribution in [3.05, 3.63) is 60.2 Å². The molecule has 0 bridgehead atoms. The third kappa shape index (κ3) is 5.91. The molecule has 36 heavy (non-hydrogen) atoms. The SMILES string of the molecule is CCC1(C(=O)N[C@@](C)(c2ccccc2)[C@H](O)CN(CC(C)C)S(=O)(=O)c2ccc(N)cc2)CCCO1. The van der Waals surface area contributed by atoms with E-state index in [4.69, 9.17) is 10.5 Å². The Bertz CT molecular complexity index is 1120. The Kier molecular flexibility index (Phi) is 8.82. The molecule has 8 nitrogen and oxygen atoms in total. The Labute approximate surface area is 214 Å². The van der Waals surface area contributed by atoms with Crippen LogP contribution in [0.2, 0.25) is 0 Å². The molecular formula is C27H39N3O5S. The van der Waals surface area contributed by atoms with Gasteiger partial charge in [-0.15, -0.1) is 0 Å². The Morgan fingerprint density at radius 3 is 2.33 bits per heavy atom. The molecule has 1 unspecified atom stereocenters. The molecular weight excluding hydrogens is 478 g/mol. The van der Waals surface area contributed by atoms with Crippen LogP contribution in [0.4, 0.5) is 5.69 Å². The average Bonchev–Trinajstić information content (AvgIpc) is 3.34. The number of aliphatic hydroxyl groups excluding tert-OH is 1. The van der Waals surface area contributed by atoms with E-state index >= 15 is 0 Å². The fraction of sp³-hybridized carbons (Fsp3) is 0.519. The summed E-state index contributed by atoms with van der Waals surface area (Å²) in [7, 11) is -3.93. The summed E-state index contributed by atoms with van der Waals surface area (Å²) in [6.07, 6.45) is 0.640. The molecule has 0 aliphatic carbocycles. The number of benzene rings is 2. The molecule has 1 aliphatic heterocycles. The third-order valence-corrected chi connectivity index (χ3v) is 8.81. The molecule has 1 saturated heterocycles. The number of sulfonamides is 1. The van der Waals surface area contributed by atoms with Crippen molar-refractivity contribution in [2.24, 2.45) is 5.92 Å². The van der Waals surface area contributed by atoms with E-state index < -0.39 is 27.3 Å². The van der Waals surface area contributed by atoms with Crippen LogP contribution in [0.5, 0.6) is 0 Å². The van der Waals surface area contributed by atoms with Crippen molar-refractivity contribution < 1.29 is 23.1 Å². The van der Waals surface area contributed by atoms with Gasteiger partial charge in [-0.1, -0.05) is 51.1 Å². The number of hydrogen-bond donors (Lipinski definition) is 3. The van der Waals surface area contributed by atoms with Gasteiger partial charge in [0.05, 0.1) is 16.5 Å². The molecule has 0 spiro atoms. The lowest BCUT2D eigenvalue weighted by Crippen LogP contribution is -2.60. The summed E-state index contributed by atoms with van der Waals surface area (Å²) >= 11 is 0. The zero-order valence-corrected chi connectivity index (χ0v) is 22.4. The highest BCUT2D eigenvalue weighted by Crippen LogP contribution is 2.33. The number of amides is 1. The number of nitrogen functional groups attached to an aromatic ring is 1. The summed E-state index contributed by atoms with van der Waals surface area (Å²) in [6, 6.07) is 15.1. The van der Waals surface area contributed by atoms with E-state index in [0.717, 1.165) is 6.42 Å². The van der Waals surface area contributed by atoms with Gasteiger partial charge in [0.15, 0.2) is 0 Å². The average molecular weight is 518 g/mol. The molecule has 1 aliphatic rings. The normalized spacial score (nSPS) is 20.9. The number of nitrogens with two attached hydrogens (primary N) is 1. The predicted molar refractivity (Wildman–Crippen MR) is 141 cm³/mol. The van der Waals surface area contributed by atoms with E-state index in [-0.39, 0.29) is 29.8 Å². The smallest absolute Gasteiger partial charge is 0.253 e. The van der Waals surface area contributed by atoms with Gasteiger partial charge in [-0.3, -0.25) is 4.79 Å². The van der Waals surface area contributed by atoms with Gasteiger partial charge < -0.3 is 20.9 Å². The molecule has 0 radical (unpaired) electrons. The summed E-state index contributed by atoms with van der Waals surface area (Å²) in [5.41, 5.74) is 4.66. The van der Waals surface area contributed by atoms with Crippen LogP contribution >= 0.6 is 0 Å². The number of ether oxygens (including phenoxy) is 1. The van der Waals surface area contributed by atoms with E-state index in [1.54, 1.807) is 6.92 Å². The largest absolute Gasteiger partial charge is 0.399 e. The highest BCUT2D eigenvalue weighted by Gasteiger charge is 2.46. The Balaban J connectivity index is 1.97. The summed E-state index contributed by atoms with van der Waals surface area (Å²) in [4.78, 5) is 13.6. The first-order valence-corrected chi connectivity index (χ1v) is 13.9. The predicted octanol–water partition coefficient (Wildman–Crippen LogP) is 3.27. The maximum atomic E-state index is 13.6. The number of carbonyl (C=O) groups excluding carboxylic acids is 1. The number of nitrogens with one attached hydrogen (secondary N) is 1. The van der Waals surface area contributed by atoms with E-state index in [2.05, 4.69) is 5.32 Å². The highest BCUT2D eigenvalue weighted by atomic mass is 32.2. The van der Waals surface area contributed by atoms with Crippen LogP contribution in [0.15, 0.2) is 59.5 Å². The van der Waals surface area contributed by atoms with Crippen molar-refractivity contribution in [3.63, 3.8) is 0 Å². The first-order valence-electron chi connectivity index (χ1n) is 12.5. The van der Waals surface area contributed by atoms with Crippen molar-refractivity contribution in [1.82, 2.24) is 9.62 Å². The number of carbonyl (C=O) groups is 1. The Morgan fingerprint density at radius 1 is 1.17 bits per heavy atom. The fourth-order valence-electron chi connectivity index (χ4n) is 4.64. The first-order chi connectivity index (χ1) is 16.9. The summed E-state index contributed by atoms with van der Waals surface area (Å²) < 4.78 is 34.3. The monoisotopic (exact) mass is 517 g/mol. The molecule has 2 aromatic rings. The number of hydrogen-bond acceptors (Lipinski definition) is 6. The number of nitrogens with zero attached hydrogens (tertiary/aromatic N) is 1. The maximum absolute atomic E-state index is 13.6. The quantitative estimate of drug-likeness (QED) is 0.393. The Hall–Kier alpha value is -2.46. The summed E-state index contributed by atoms with van der Waals surface area (Å²) in [5.74, 6) is -0.293. The Morgan fingerprint density at radius 2 is 1.81 bits per heavy atom. The molecule has 1 fully saturated rings. The topological polar surface area (TPSA) is 122 Å². The van der Waals surface area contributed by atoms with Crippen molar-refractivity contribution in [3.8, 4) is 0 Å². The van der Waals surface area contributed by atoms with Gasteiger partial charge in [-0.25, -0.2) is 8.42 Å². The minimum atomic E-state index is -3.93. The van der Waals surface area contributed by atoms with Gasteiger partial charge in [0.1, 0.15) is 5.60 Å². The molecule has 9 heteroatoms. The van der Waals surface area contributed by atoms with Crippen LogP contribution in [-0.2, 0) is 25.1 Å². The van der Waals surface area contributed by atoms with E-state index in [9.17, 15) is 18.3 Å². The standard InChI is InChI=1S/C27H39N3O5S/c1-5-27(16-9-17-35-27)25(32)29-26(4,21-10-7-6-8-11-21)24(31)19-30(18-20(2)3)36(33,34)23-14-12-22(28)13-15-23/h6-8,10-15,20,24,31H,5,9,16-19,28H2,1-4H3,(H,29,32)/t24-,26+,27?/m1/s1. The van der Waals surface area contributed by atoms with Crippen LogP contribution in [0.1, 0.15) is 52.5 Å². The second-order valence-electron chi connectivity index (χ2n) is 10.1. The maximum Gasteiger partial charge on any atom is 0.253 e. The van der Waals surface area contributed by atoms with Crippen molar-refractivity contribution in [2.45, 2.75) is 69.1 Å². The van der Waals surface area contributed by atoms with Gasteiger partial charge in [0.2, 0.25) is 10.0 Å². The molecule has 3 atom stereocenters. The van der Waals surface area contributed by atoms with Crippen LogP contribution < -0.4 is 11.1 Å². The lowest BCUT2D eigenvalue weighted by Gasteiger charge is -2.40. The molecule has 4 N–H and O–H groups in total. The van der Waals surface area contributed by atoms with Gasteiger partial charge in [-0.05, 0) is 61.9 Å². The van der Waals surface area contributed by atoms with Crippen LogP contribution in [0.3, 0.4) is 0 Å². The fourth-order valence-corrected chi connectivity index (χ4v) is 6.25. The number of aliphatic hydroxyl groups is 1. The van der Waals surface area contributed by atoms with Crippen LogP contribution in [0.25, 0.3) is 0 Å². The van der Waals surface area contributed by atoms with Crippen molar-refractivity contribution in [1.29, 1.82) is 0 Å². The van der Waals surface area contributed by atoms with Gasteiger partial charge in [0, 0.05) is 25.4 Å². The summed E-state index contributed by atoms with van der Waals surface area (Å²) in [6.45, 7) is 7.96. The number of rotatable bonds is 11. The zero-order chi connectivity index (χ0) is 26.6. The lowest BCUT2D eigenvalue weighted by molar-refractivity contribution is -0.145. The number of anilines is 1. The van der Waals surface area contributed by atoms with Crippen molar-refractivity contribution in [2.75, 3.05) is 25.4 Å².